The van der Waals surface area contributed by atoms with Crippen molar-refractivity contribution in [2.45, 2.75) is 17.3 Å². The van der Waals surface area contributed by atoms with Crippen molar-refractivity contribution in [3.8, 4) is 11.5 Å². The van der Waals surface area contributed by atoms with Crippen LogP contribution in [0.2, 0.25) is 0 Å². The van der Waals surface area contributed by atoms with E-state index in [9.17, 15) is 4.79 Å². The van der Waals surface area contributed by atoms with E-state index in [1.165, 1.54) is 11.8 Å². The van der Waals surface area contributed by atoms with Crippen LogP contribution < -0.4 is 14.8 Å². The molecule has 0 bridgehead atoms. The molecule has 0 saturated carbocycles. The molecule has 1 N–H and O–H groups in total. The number of nitrogens with zero attached hydrogens (tertiary/aromatic N) is 1. The van der Waals surface area contributed by atoms with Crippen LogP contribution in [-0.2, 0) is 4.79 Å². The van der Waals surface area contributed by atoms with Crippen LogP contribution in [0.4, 0.5) is 0 Å². The number of methoxy groups -OCH3 is 2. The van der Waals surface area contributed by atoms with Gasteiger partial charge in [-0.05, 0) is 42.3 Å². The van der Waals surface area contributed by atoms with Gasteiger partial charge in [-0.25, -0.2) is 4.98 Å². The molecule has 5 nitrogen and oxygen atoms in total. The lowest BCUT2D eigenvalue weighted by Crippen LogP contribution is -2.30. The molecular weight excluding hydrogens is 392 g/mol. The van der Waals surface area contributed by atoms with Crippen LogP contribution in [0.5, 0.6) is 11.5 Å². The highest BCUT2D eigenvalue weighted by Gasteiger charge is 2.18. The minimum absolute atomic E-state index is 0.0468. The number of rotatable bonds is 8. The van der Waals surface area contributed by atoms with Gasteiger partial charge >= 0.3 is 0 Å². The highest BCUT2D eigenvalue weighted by molar-refractivity contribution is 8.01. The maximum Gasteiger partial charge on any atom is 0.231 e. The number of thiazole rings is 1. The molecular formula is C21H22N2O3S2. The fourth-order valence-electron chi connectivity index (χ4n) is 2.68. The molecule has 1 heterocycles. The number of carbonyl (C=O) groups is 1. The number of hydrogen-bond acceptors (Lipinski definition) is 6. The average Bonchev–Trinajstić information content (AvgIpc) is 3.16. The summed E-state index contributed by atoms with van der Waals surface area (Å²) in [5, 5.41) is 5.12. The number of hydrogen-bond donors (Lipinski definition) is 1. The maximum atomic E-state index is 12.6. The Morgan fingerprint density at radius 2 is 1.57 bits per heavy atom. The molecule has 1 amide bonds. The molecule has 3 aromatic rings. The number of thioether (sulfide) groups is 1. The van der Waals surface area contributed by atoms with Gasteiger partial charge in [0.25, 0.3) is 0 Å². The van der Waals surface area contributed by atoms with Gasteiger partial charge < -0.3 is 14.8 Å². The van der Waals surface area contributed by atoms with Crippen molar-refractivity contribution in [3.05, 3.63) is 70.7 Å². The predicted molar refractivity (Wildman–Crippen MR) is 114 cm³/mol. The number of amides is 1. The Balaban J connectivity index is 1.77. The summed E-state index contributed by atoms with van der Waals surface area (Å²) in [5.74, 6) is 1.82. The molecule has 0 aliphatic carbocycles. The van der Waals surface area contributed by atoms with Crippen molar-refractivity contribution in [1.29, 1.82) is 0 Å². The van der Waals surface area contributed by atoms with Crippen LogP contribution in [-0.4, -0.2) is 30.9 Å². The van der Waals surface area contributed by atoms with Crippen molar-refractivity contribution in [3.63, 3.8) is 0 Å². The van der Waals surface area contributed by atoms with Crippen molar-refractivity contribution in [1.82, 2.24) is 10.3 Å². The first-order valence-electron chi connectivity index (χ1n) is 8.71. The van der Waals surface area contributed by atoms with Gasteiger partial charge in [0.15, 0.2) is 4.34 Å². The zero-order chi connectivity index (χ0) is 19.9. The Bertz CT molecular complexity index is 861. The van der Waals surface area contributed by atoms with Crippen LogP contribution in [0, 0.1) is 6.92 Å². The number of aromatic nitrogens is 1. The minimum Gasteiger partial charge on any atom is -0.497 e. The van der Waals surface area contributed by atoms with Gasteiger partial charge in [0, 0.05) is 11.1 Å². The van der Waals surface area contributed by atoms with Crippen molar-refractivity contribution < 1.29 is 14.3 Å². The Hall–Kier alpha value is -2.51. The SMILES string of the molecule is COc1ccc(C(NC(=O)CSc2nc(C)cs2)c2ccc(OC)cc2)cc1. The second kappa shape index (κ2) is 9.61. The van der Waals surface area contributed by atoms with E-state index in [2.05, 4.69) is 10.3 Å². The lowest BCUT2D eigenvalue weighted by atomic mass is 9.98. The van der Waals surface area contributed by atoms with E-state index < -0.39 is 0 Å². The summed E-state index contributed by atoms with van der Waals surface area (Å²) < 4.78 is 11.4. The first kappa shape index (κ1) is 20.2. The first-order chi connectivity index (χ1) is 13.6. The van der Waals surface area contributed by atoms with Crippen LogP contribution in [0.25, 0.3) is 0 Å². The third kappa shape index (κ3) is 5.27. The topological polar surface area (TPSA) is 60.5 Å². The van der Waals surface area contributed by atoms with Crippen LogP contribution in [0.15, 0.2) is 58.3 Å². The smallest absolute Gasteiger partial charge is 0.231 e. The maximum absolute atomic E-state index is 12.6. The molecule has 0 aliphatic rings. The highest BCUT2D eigenvalue weighted by atomic mass is 32.2. The number of nitrogens with one attached hydrogen (secondary N) is 1. The summed E-state index contributed by atoms with van der Waals surface area (Å²) in [6, 6.07) is 15.2. The Morgan fingerprint density at radius 3 is 2.00 bits per heavy atom. The van der Waals surface area contributed by atoms with Crippen molar-refractivity contribution >= 4 is 29.0 Å². The van der Waals surface area contributed by atoms with Crippen molar-refractivity contribution in [2.24, 2.45) is 0 Å². The third-order valence-electron chi connectivity index (χ3n) is 4.13. The first-order valence-corrected chi connectivity index (χ1v) is 10.6. The largest absolute Gasteiger partial charge is 0.497 e. The van der Waals surface area contributed by atoms with E-state index >= 15 is 0 Å². The fourth-order valence-corrected chi connectivity index (χ4v) is 4.34. The van der Waals surface area contributed by atoms with E-state index in [0.29, 0.717) is 5.75 Å². The van der Waals surface area contributed by atoms with Gasteiger partial charge in [0.05, 0.1) is 26.0 Å². The normalized spacial score (nSPS) is 10.7. The van der Waals surface area contributed by atoms with E-state index in [4.69, 9.17) is 9.47 Å². The number of ether oxygens (including phenoxy) is 2. The fraction of sp³-hybridized carbons (Fsp3) is 0.238. The van der Waals surface area contributed by atoms with Gasteiger partial charge in [0.2, 0.25) is 5.91 Å². The summed E-state index contributed by atoms with van der Waals surface area (Å²) in [5.41, 5.74) is 2.94. The van der Waals surface area contributed by atoms with E-state index in [-0.39, 0.29) is 11.9 Å². The second-order valence-corrected chi connectivity index (χ2v) is 8.17. The molecule has 2 aromatic carbocycles. The molecule has 7 heteroatoms. The number of aryl methyl sites for hydroxylation is 1. The summed E-state index contributed by atoms with van der Waals surface area (Å²) in [6.07, 6.45) is 0. The monoisotopic (exact) mass is 414 g/mol. The Labute approximate surface area is 173 Å². The van der Waals surface area contributed by atoms with Crippen LogP contribution >= 0.6 is 23.1 Å². The van der Waals surface area contributed by atoms with Crippen LogP contribution in [0.1, 0.15) is 22.9 Å². The van der Waals surface area contributed by atoms with Crippen molar-refractivity contribution in [2.75, 3.05) is 20.0 Å². The number of carbonyl (C=O) groups excluding carboxylic acids is 1. The quantitative estimate of drug-likeness (QED) is 0.551. The molecule has 3 rings (SSSR count). The molecule has 0 fully saturated rings. The molecule has 0 saturated heterocycles. The molecule has 0 atom stereocenters. The Morgan fingerprint density at radius 1 is 1.04 bits per heavy atom. The third-order valence-corrected chi connectivity index (χ3v) is 6.27. The zero-order valence-electron chi connectivity index (χ0n) is 16.0. The second-order valence-electron chi connectivity index (χ2n) is 6.09. The van der Waals surface area contributed by atoms with E-state index in [1.54, 1.807) is 25.6 Å². The van der Waals surface area contributed by atoms with Gasteiger partial charge in [-0.3, -0.25) is 4.79 Å². The molecule has 28 heavy (non-hydrogen) atoms. The molecule has 0 radical (unpaired) electrons. The number of benzene rings is 2. The highest BCUT2D eigenvalue weighted by Crippen LogP contribution is 2.27. The summed E-state index contributed by atoms with van der Waals surface area (Å²) in [4.78, 5) is 17.0. The molecule has 0 spiro atoms. The average molecular weight is 415 g/mol. The standard InChI is InChI=1S/C21H22N2O3S2/c1-14-12-27-21(22-14)28-13-19(24)23-20(15-4-8-17(25-2)9-5-15)16-6-10-18(26-3)11-7-16/h4-12,20H,13H2,1-3H3,(H,23,24). The van der Waals surface area contributed by atoms with E-state index in [0.717, 1.165) is 32.7 Å². The van der Waals surface area contributed by atoms with Gasteiger partial charge in [-0.1, -0.05) is 36.0 Å². The lowest BCUT2D eigenvalue weighted by molar-refractivity contribution is -0.119. The lowest BCUT2D eigenvalue weighted by Gasteiger charge is -2.20. The predicted octanol–water partition coefficient (Wildman–Crippen LogP) is 4.47. The summed E-state index contributed by atoms with van der Waals surface area (Å²) >= 11 is 3.00. The van der Waals surface area contributed by atoms with E-state index in [1.807, 2.05) is 60.8 Å². The summed E-state index contributed by atoms with van der Waals surface area (Å²) in [7, 11) is 3.27. The van der Waals surface area contributed by atoms with Gasteiger partial charge in [-0.2, -0.15) is 0 Å². The Kier molecular flexibility index (Phi) is 6.95. The molecule has 0 unspecified atom stereocenters. The van der Waals surface area contributed by atoms with Gasteiger partial charge in [0.1, 0.15) is 11.5 Å². The molecule has 1 aromatic heterocycles. The van der Waals surface area contributed by atoms with Crippen LogP contribution in [0.3, 0.4) is 0 Å². The molecule has 146 valence electrons. The van der Waals surface area contributed by atoms with Gasteiger partial charge in [-0.15, -0.1) is 11.3 Å². The zero-order valence-corrected chi connectivity index (χ0v) is 17.6. The minimum atomic E-state index is -0.261. The molecule has 0 aliphatic heterocycles. The summed E-state index contributed by atoms with van der Waals surface area (Å²) in [6.45, 7) is 1.95.